The third kappa shape index (κ3) is 5.90. The normalized spacial score (nSPS) is 17.0. The molecule has 1 aliphatic rings. The van der Waals surface area contributed by atoms with Crippen molar-refractivity contribution in [2.75, 3.05) is 17.1 Å². The molecule has 1 N–H and O–H groups in total. The van der Waals surface area contributed by atoms with Gasteiger partial charge in [-0.15, -0.1) is 0 Å². The largest absolute Gasteiger partial charge is 0.433 e. The molecular weight excluding hydrogens is 535 g/mol. The maximum Gasteiger partial charge on any atom is 0.433 e. The Bertz CT molecular complexity index is 1570. The Hall–Kier alpha value is -3.26. The number of rotatable bonds is 7. The molecule has 0 spiro atoms. The minimum atomic E-state index is -5.14. The highest BCUT2D eigenvalue weighted by Crippen LogP contribution is 2.40. The molecule has 0 radical (unpaired) electrons. The second-order valence-electron chi connectivity index (χ2n) is 9.33. The van der Waals surface area contributed by atoms with Gasteiger partial charge in [0, 0.05) is 28.8 Å². The van der Waals surface area contributed by atoms with Gasteiger partial charge in [0.25, 0.3) is 10.0 Å². The van der Waals surface area contributed by atoms with Gasteiger partial charge in [0.1, 0.15) is 0 Å². The van der Waals surface area contributed by atoms with E-state index in [1.165, 1.54) is 59.1 Å². The Balaban J connectivity index is 1.69. The Kier molecular flexibility index (Phi) is 7.40. The van der Waals surface area contributed by atoms with Gasteiger partial charge in [-0.05, 0) is 88.6 Å². The molecule has 0 aliphatic heterocycles. The van der Waals surface area contributed by atoms with Crippen molar-refractivity contribution in [3.63, 3.8) is 0 Å². The summed E-state index contributed by atoms with van der Waals surface area (Å²) in [5, 5.41) is 10.7. The minimum absolute atomic E-state index is 0.0751. The van der Waals surface area contributed by atoms with Crippen molar-refractivity contribution in [3.05, 3.63) is 90.0 Å². The van der Waals surface area contributed by atoms with E-state index >= 15 is 0 Å². The van der Waals surface area contributed by atoms with Crippen LogP contribution in [-0.4, -0.2) is 42.6 Å². The highest BCUT2D eigenvalue weighted by molar-refractivity contribution is 7.99. The molecule has 10 heteroatoms. The Morgan fingerprint density at radius 3 is 2.00 bits per heavy atom. The highest BCUT2D eigenvalue weighted by Gasteiger charge is 2.54. The van der Waals surface area contributed by atoms with Crippen molar-refractivity contribution in [2.24, 2.45) is 5.92 Å². The zero-order chi connectivity index (χ0) is 27.8. The van der Waals surface area contributed by atoms with Gasteiger partial charge in [-0.3, -0.25) is 8.51 Å². The van der Waals surface area contributed by atoms with E-state index in [2.05, 4.69) is 11.8 Å². The van der Waals surface area contributed by atoms with E-state index in [1.54, 1.807) is 18.2 Å². The summed E-state index contributed by atoms with van der Waals surface area (Å²) in [5.74, 6) is 8.01. The van der Waals surface area contributed by atoms with Crippen LogP contribution >= 0.6 is 0 Å². The number of halogens is 3. The lowest BCUT2D eigenvalue weighted by molar-refractivity contribution is -0.240. The van der Waals surface area contributed by atoms with Crippen LogP contribution in [-0.2, 0) is 25.1 Å². The van der Waals surface area contributed by atoms with Gasteiger partial charge in [0.05, 0.1) is 10.6 Å². The van der Waals surface area contributed by atoms with E-state index < -0.39 is 36.9 Å². The molecule has 1 aliphatic carbocycles. The van der Waals surface area contributed by atoms with Gasteiger partial charge in [0.15, 0.2) is 0 Å². The van der Waals surface area contributed by atoms with E-state index in [4.69, 9.17) is 0 Å². The molecule has 3 aromatic rings. The van der Waals surface area contributed by atoms with Crippen molar-refractivity contribution in [1.29, 1.82) is 0 Å². The molecule has 0 heterocycles. The van der Waals surface area contributed by atoms with Crippen LogP contribution in [0.25, 0.3) is 0 Å². The number of alkyl halides is 3. The molecule has 5 nitrogen and oxygen atoms in total. The topological polar surface area (TPSA) is 74.7 Å². The zero-order valence-electron chi connectivity index (χ0n) is 20.5. The molecule has 1 saturated carbocycles. The zero-order valence-corrected chi connectivity index (χ0v) is 22.1. The molecule has 2 atom stereocenters. The number of hydrogen-bond donors (Lipinski definition) is 1. The number of nitrogens with zero attached hydrogens (tertiary/aromatic N) is 1. The van der Waals surface area contributed by atoms with Crippen molar-refractivity contribution >= 4 is 31.1 Å². The van der Waals surface area contributed by atoms with Gasteiger partial charge in [-0.25, -0.2) is 8.42 Å². The fourth-order valence-electron chi connectivity index (χ4n) is 3.76. The first-order valence-corrected chi connectivity index (χ1v) is 15.2. The average molecular weight is 562 g/mol. The molecule has 1 fully saturated rings. The SMILES string of the molecule is C=S(C)(=O)c1ccc(C#CC(O)(c2ccc(N(CC3CC3)S(=O)(=O)c3ccccc3)cc2)C(F)(F)F)cc1. The molecule has 0 bridgehead atoms. The molecule has 38 heavy (non-hydrogen) atoms. The monoisotopic (exact) mass is 561 g/mol. The van der Waals surface area contributed by atoms with Crippen molar-refractivity contribution in [2.45, 2.75) is 34.4 Å². The molecule has 2 unspecified atom stereocenters. The molecule has 0 aromatic heterocycles. The Morgan fingerprint density at radius 1 is 0.921 bits per heavy atom. The van der Waals surface area contributed by atoms with Crippen molar-refractivity contribution in [3.8, 4) is 11.8 Å². The summed E-state index contributed by atoms with van der Waals surface area (Å²) < 4.78 is 82.1. The van der Waals surface area contributed by atoms with E-state index in [1.807, 2.05) is 5.92 Å². The van der Waals surface area contributed by atoms with Crippen LogP contribution in [0.1, 0.15) is 24.0 Å². The van der Waals surface area contributed by atoms with Gasteiger partial charge in [-0.2, -0.15) is 13.2 Å². The number of benzene rings is 3. The van der Waals surface area contributed by atoms with Gasteiger partial charge in [0.2, 0.25) is 5.60 Å². The van der Waals surface area contributed by atoms with Crippen LogP contribution in [0.5, 0.6) is 0 Å². The van der Waals surface area contributed by atoms with Gasteiger partial charge in [-0.1, -0.05) is 36.3 Å². The van der Waals surface area contributed by atoms with Crippen LogP contribution in [0.2, 0.25) is 0 Å². The lowest BCUT2D eigenvalue weighted by Crippen LogP contribution is -2.41. The summed E-state index contributed by atoms with van der Waals surface area (Å²) in [7, 11) is -6.45. The second kappa shape index (κ2) is 10.1. The van der Waals surface area contributed by atoms with Crippen LogP contribution in [0, 0.1) is 17.8 Å². The summed E-state index contributed by atoms with van der Waals surface area (Å²) in [4.78, 5) is 0.497. The van der Waals surface area contributed by atoms with Crippen LogP contribution in [0.4, 0.5) is 18.9 Å². The van der Waals surface area contributed by atoms with Crippen LogP contribution in [0.3, 0.4) is 0 Å². The highest BCUT2D eigenvalue weighted by atomic mass is 32.2. The Morgan fingerprint density at radius 2 is 1.50 bits per heavy atom. The smallest absolute Gasteiger partial charge is 0.366 e. The number of anilines is 1. The lowest BCUT2D eigenvalue weighted by atomic mass is 9.93. The maximum atomic E-state index is 14.1. The van der Waals surface area contributed by atoms with Gasteiger partial charge < -0.3 is 5.11 Å². The van der Waals surface area contributed by atoms with Crippen molar-refractivity contribution in [1.82, 2.24) is 0 Å². The number of sulfonamides is 1. The van der Waals surface area contributed by atoms with E-state index in [-0.39, 0.29) is 28.6 Å². The van der Waals surface area contributed by atoms with E-state index in [9.17, 15) is 30.9 Å². The molecule has 4 rings (SSSR count). The molecule has 3 aromatic carbocycles. The summed E-state index contributed by atoms with van der Waals surface area (Å²) in [5.41, 5.74) is -3.68. The maximum absolute atomic E-state index is 14.1. The molecule has 0 saturated heterocycles. The first-order chi connectivity index (χ1) is 17.7. The van der Waals surface area contributed by atoms with E-state index in [0.717, 1.165) is 25.0 Å². The standard InChI is InChI=1S/C28H26F3NO4S2/c1-37(2,34)25-16-10-21(11-17-25)18-19-27(33,28(29,30)31)23-12-14-24(15-13-23)32(20-22-8-9-22)38(35,36)26-6-4-3-5-7-26/h3-7,10-17,22,33H,1,8-9,20H2,2H3. The van der Waals surface area contributed by atoms with Gasteiger partial charge >= 0.3 is 6.18 Å². The fraction of sp³-hybridized carbons (Fsp3) is 0.250. The number of hydrogen-bond acceptors (Lipinski definition) is 4. The molecule has 200 valence electrons. The van der Waals surface area contributed by atoms with E-state index in [0.29, 0.717) is 4.90 Å². The third-order valence-corrected chi connectivity index (χ3v) is 9.25. The molecular formula is C28H26F3NO4S2. The summed E-state index contributed by atoms with van der Waals surface area (Å²) in [6.45, 7) is 0.202. The van der Waals surface area contributed by atoms with Crippen LogP contribution in [0.15, 0.2) is 88.7 Å². The predicted octanol–water partition coefficient (Wildman–Crippen LogP) is 4.80. The first-order valence-electron chi connectivity index (χ1n) is 11.6. The summed E-state index contributed by atoms with van der Waals surface area (Å²) in [6, 6.07) is 18.1. The minimum Gasteiger partial charge on any atom is -0.366 e. The number of aliphatic hydroxyl groups is 1. The summed E-state index contributed by atoms with van der Waals surface area (Å²) in [6.07, 6.45) is -1.96. The van der Waals surface area contributed by atoms with Crippen molar-refractivity contribution < 1.29 is 30.9 Å². The first kappa shape index (κ1) is 27.8. The fourth-order valence-corrected chi connectivity index (χ4v) is 6.03. The second-order valence-corrected chi connectivity index (χ2v) is 13.7. The lowest BCUT2D eigenvalue weighted by Gasteiger charge is -2.28. The summed E-state index contributed by atoms with van der Waals surface area (Å²) >= 11 is 0. The molecule has 0 amide bonds. The quantitative estimate of drug-likeness (QED) is 0.332. The Labute approximate surface area is 221 Å². The average Bonchev–Trinajstić information content (AvgIpc) is 3.70. The third-order valence-electron chi connectivity index (χ3n) is 6.18. The van der Waals surface area contributed by atoms with Crippen LogP contribution < -0.4 is 4.31 Å². The predicted molar refractivity (Wildman–Crippen MR) is 143 cm³/mol.